The molecule has 2 saturated carbocycles. The molecule has 0 aliphatic heterocycles. The summed E-state index contributed by atoms with van der Waals surface area (Å²) in [5.41, 5.74) is 5.27. The van der Waals surface area contributed by atoms with Crippen LogP contribution in [0.3, 0.4) is 0 Å². The maximum Gasteiger partial charge on any atom is 0.315 e. The average Bonchev–Trinajstić information content (AvgIpc) is 2.93. The molecule has 0 saturated heterocycles. The minimum atomic E-state index is -3.54. The summed E-state index contributed by atoms with van der Waals surface area (Å²) in [4.78, 5) is 66.8. The molecule has 1 unspecified atom stereocenters. The number of Topliss-reactive ketones (excluding diaryl/α,β-unsaturated/α-hetero) is 1. The van der Waals surface area contributed by atoms with Crippen molar-refractivity contribution in [1.29, 1.82) is 0 Å². The van der Waals surface area contributed by atoms with E-state index in [1.165, 1.54) is 4.90 Å². The highest BCUT2D eigenvalue weighted by Gasteiger charge is 2.39. The van der Waals surface area contributed by atoms with Crippen LogP contribution < -0.4 is 21.7 Å². The molecule has 2 aliphatic carbocycles. The standard InChI is InChI=1S/C32H57N5O7S/c1-8-17-37(21(4)29(40)34-24(27(38)28(33)39)18-22-13-12-14-22)30(41)26(23-15-10-9-11-16-23)36-31(42)35-25(20(2)3)19-45(43,44)32(5,6)7/h20-26H,8-19H2,1-7H3,(H2,33,39)(H,34,40)(H2,35,36,42)/t21-,24?,25+,26-/m0/s1. The summed E-state index contributed by atoms with van der Waals surface area (Å²) in [6.07, 6.45) is 7.97. The van der Waals surface area contributed by atoms with Crippen molar-refractivity contribution >= 4 is 39.4 Å². The van der Waals surface area contributed by atoms with Crippen LogP contribution in [-0.4, -0.2) is 84.1 Å². The summed E-state index contributed by atoms with van der Waals surface area (Å²) < 4.78 is 24.9. The number of rotatable bonds is 16. The number of nitrogens with two attached hydrogens (primary N) is 1. The Balaban J connectivity index is 2.28. The number of primary amides is 1. The molecule has 13 heteroatoms. The van der Waals surface area contributed by atoms with E-state index in [4.69, 9.17) is 5.73 Å². The number of nitrogens with zero attached hydrogens (tertiary/aromatic N) is 1. The molecule has 12 nitrogen and oxygen atoms in total. The summed E-state index contributed by atoms with van der Waals surface area (Å²) >= 11 is 0. The molecule has 258 valence electrons. The lowest BCUT2D eigenvalue weighted by atomic mass is 9.80. The van der Waals surface area contributed by atoms with E-state index in [1.807, 2.05) is 20.8 Å². The Hall–Kier alpha value is -2.70. The van der Waals surface area contributed by atoms with Gasteiger partial charge in [0.1, 0.15) is 12.1 Å². The summed E-state index contributed by atoms with van der Waals surface area (Å²) in [5.74, 6) is -3.34. The van der Waals surface area contributed by atoms with E-state index < -0.39 is 68.3 Å². The summed E-state index contributed by atoms with van der Waals surface area (Å²) in [7, 11) is -3.54. The van der Waals surface area contributed by atoms with Crippen LogP contribution in [0.5, 0.6) is 0 Å². The maximum absolute atomic E-state index is 14.2. The van der Waals surface area contributed by atoms with Gasteiger partial charge in [-0.05, 0) is 71.1 Å². The monoisotopic (exact) mass is 655 g/mol. The first-order chi connectivity index (χ1) is 20.9. The third-order valence-electron chi connectivity index (χ3n) is 9.39. The van der Waals surface area contributed by atoms with Crippen molar-refractivity contribution in [3.8, 4) is 0 Å². The molecule has 0 aromatic heterocycles. The van der Waals surface area contributed by atoms with Crippen molar-refractivity contribution in [2.45, 2.75) is 142 Å². The minimum absolute atomic E-state index is 0.162. The van der Waals surface area contributed by atoms with Crippen molar-refractivity contribution in [1.82, 2.24) is 20.9 Å². The van der Waals surface area contributed by atoms with E-state index >= 15 is 0 Å². The fourth-order valence-corrected chi connectivity index (χ4v) is 7.34. The Labute approximate surface area is 269 Å². The predicted octanol–water partition coefficient (Wildman–Crippen LogP) is 2.83. The minimum Gasteiger partial charge on any atom is -0.363 e. The zero-order valence-electron chi connectivity index (χ0n) is 28.3. The van der Waals surface area contributed by atoms with Gasteiger partial charge in [-0.3, -0.25) is 19.2 Å². The molecular formula is C32H57N5O7S. The smallest absolute Gasteiger partial charge is 0.315 e. The molecule has 2 aliphatic rings. The van der Waals surface area contributed by atoms with Crippen molar-refractivity contribution in [2.75, 3.05) is 12.3 Å². The maximum atomic E-state index is 14.2. The molecule has 45 heavy (non-hydrogen) atoms. The molecule has 0 radical (unpaired) electrons. The van der Waals surface area contributed by atoms with Gasteiger partial charge < -0.3 is 26.6 Å². The van der Waals surface area contributed by atoms with Gasteiger partial charge in [-0.1, -0.05) is 59.3 Å². The number of hydrogen-bond acceptors (Lipinski definition) is 7. The van der Waals surface area contributed by atoms with E-state index in [1.54, 1.807) is 27.7 Å². The lowest BCUT2D eigenvalue weighted by molar-refractivity contribution is -0.144. The van der Waals surface area contributed by atoms with Crippen LogP contribution in [0.15, 0.2) is 0 Å². The molecule has 2 fully saturated rings. The SMILES string of the molecule is CCCN(C(=O)[C@@H](NC(=O)N[C@H](CS(=O)(=O)C(C)(C)C)C(C)C)C1CCCCC1)[C@@H](C)C(=O)NC(CC1CCC1)C(=O)C(N)=O. The lowest BCUT2D eigenvalue weighted by Crippen LogP contribution is -2.61. The molecule has 0 aromatic carbocycles. The van der Waals surface area contributed by atoms with E-state index in [-0.39, 0.29) is 30.1 Å². The van der Waals surface area contributed by atoms with Crippen LogP contribution in [0.2, 0.25) is 0 Å². The third kappa shape index (κ3) is 11.0. The van der Waals surface area contributed by atoms with E-state index in [0.717, 1.165) is 51.4 Å². The molecule has 0 spiro atoms. The average molecular weight is 656 g/mol. The normalized spacial score (nSPS) is 19.0. The number of nitrogens with one attached hydrogen (secondary N) is 3. The van der Waals surface area contributed by atoms with Gasteiger partial charge in [0.05, 0.1) is 16.5 Å². The first kappa shape index (κ1) is 38.5. The van der Waals surface area contributed by atoms with E-state index in [9.17, 15) is 32.4 Å². The van der Waals surface area contributed by atoms with Gasteiger partial charge in [-0.25, -0.2) is 13.2 Å². The Morgan fingerprint density at radius 3 is 1.96 bits per heavy atom. The Bertz CT molecular complexity index is 1160. The molecule has 5 N–H and O–H groups in total. The largest absolute Gasteiger partial charge is 0.363 e. The molecular weight excluding hydrogens is 598 g/mol. The fourth-order valence-electron chi connectivity index (χ4n) is 5.90. The van der Waals surface area contributed by atoms with E-state index in [2.05, 4.69) is 16.0 Å². The zero-order valence-corrected chi connectivity index (χ0v) is 29.1. The van der Waals surface area contributed by atoms with E-state index in [0.29, 0.717) is 12.8 Å². The summed E-state index contributed by atoms with van der Waals surface area (Å²) in [6, 6.07) is -4.29. The van der Waals surface area contributed by atoms with Crippen molar-refractivity contribution < 1.29 is 32.4 Å². The van der Waals surface area contributed by atoms with Crippen LogP contribution in [0.25, 0.3) is 0 Å². The number of ketones is 1. The second kappa shape index (κ2) is 16.7. The highest BCUT2D eigenvalue weighted by molar-refractivity contribution is 7.92. The van der Waals surface area contributed by atoms with Gasteiger partial charge >= 0.3 is 6.03 Å². The highest BCUT2D eigenvalue weighted by Crippen LogP contribution is 2.31. The second-order valence-corrected chi connectivity index (χ2v) is 17.1. The third-order valence-corrected chi connectivity index (χ3v) is 12.1. The van der Waals surface area contributed by atoms with Crippen LogP contribution in [0.1, 0.15) is 113 Å². The Morgan fingerprint density at radius 2 is 1.49 bits per heavy atom. The number of urea groups is 1. The molecule has 0 aromatic rings. The van der Waals surface area contributed by atoms with Crippen LogP contribution >= 0.6 is 0 Å². The van der Waals surface area contributed by atoms with Gasteiger partial charge in [0, 0.05) is 12.6 Å². The van der Waals surface area contributed by atoms with Gasteiger partial charge in [-0.15, -0.1) is 0 Å². The zero-order chi connectivity index (χ0) is 34.1. The number of amides is 5. The number of carbonyl (C=O) groups is 5. The molecule has 4 atom stereocenters. The first-order valence-electron chi connectivity index (χ1n) is 16.6. The van der Waals surface area contributed by atoms with Crippen molar-refractivity contribution in [2.24, 2.45) is 23.5 Å². The van der Waals surface area contributed by atoms with Crippen LogP contribution in [-0.2, 0) is 29.0 Å². The van der Waals surface area contributed by atoms with Gasteiger partial charge in [0.2, 0.25) is 17.6 Å². The second-order valence-electron chi connectivity index (χ2n) is 14.3. The Kier molecular flexibility index (Phi) is 14.3. The van der Waals surface area contributed by atoms with Crippen LogP contribution in [0.4, 0.5) is 4.79 Å². The van der Waals surface area contributed by atoms with Gasteiger partial charge in [0.25, 0.3) is 5.91 Å². The lowest BCUT2D eigenvalue weighted by Gasteiger charge is -2.37. The number of carbonyl (C=O) groups excluding carboxylic acids is 5. The summed E-state index contributed by atoms with van der Waals surface area (Å²) in [6.45, 7) is 12.2. The molecule has 2 rings (SSSR count). The highest BCUT2D eigenvalue weighted by atomic mass is 32.2. The van der Waals surface area contributed by atoms with Crippen LogP contribution in [0, 0.1) is 17.8 Å². The van der Waals surface area contributed by atoms with Crippen molar-refractivity contribution in [3.05, 3.63) is 0 Å². The summed E-state index contributed by atoms with van der Waals surface area (Å²) in [5, 5.41) is 8.35. The molecule has 0 bridgehead atoms. The quantitative estimate of drug-likeness (QED) is 0.184. The molecule has 5 amide bonds. The van der Waals surface area contributed by atoms with Gasteiger partial charge in [-0.2, -0.15) is 0 Å². The number of hydrogen-bond donors (Lipinski definition) is 4. The number of sulfone groups is 1. The van der Waals surface area contributed by atoms with Crippen molar-refractivity contribution in [3.63, 3.8) is 0 Å². The fraction of sp³-hybridized carbons (Fsp3) is 0.844. The Morgan fingerprint density at radius 1 is 0.889 bits per heavy atom. The first-order valence-corrected chi connectivity index (χ1v) is 18.3. The predicted molar refractivity (Wildman–Crippen MR) is 174 cm³/mol. The van der Waals surface area contributed by atoms with Gasteiger partial charge in [0.15, 0.2) is 9.84 Å². The molecule has 0 heterocycles. The topological polar surface area (TPSA) is 185 Å².